The van der Waals surface area contributed by atoms with Gasteiger partial charge in [0.2, 0.25) is 0 Å². The van der Waals surface area contributed by atoms with E-state index in [-0.39, 0.29) is 18.1 Å². The zero-order chi connectivity index (χ0) is 13.9. The van der Waals surface area contributed by atoms with Crippen LogP contribution in [0.25, 0.3) is 0 Å². The van der Waals surface area contributed by atoms with Gasteiger partial charge in [-0.25, -0.2) is 0 Å². The molecule has 3 heteroatoms. The normalized spacial score (nSPS) is 19.4. The first-order chi connectivity index (χ1) is 9.02. The molecule has 19 heavy (non-hydrogen) atoms. The lowest BCUT2D eigenvalue weighted by molar-refractivity contribution is 0.111. The van der Waals surface area contributed by atoms with E-state index in [1.807, 2.05) is 0 Å². The van der Waals surface area contributed by atoms with Crippen LogP contribution in [0.5, 0.6) is 0 Å². The van der Waals surface area contributed by atoms with Gasteiger partial charge in [-0.1, -0.05) is 45.0 Å². The van der Waals surface area contributed by atoms with Crippen molar-refractivity contribution in [1.29, 1.82) is 0 Å². The molecule has 1 aromatic carbocycles. The first kappa shape index (κ1) is 14.5. The fourth-order valence-electron chi connectivity index (χ4n) is 2.63. The maximum Gasteiger partial charge on any atom is 0.0628 e. The predicted molar refractivity (Wildman–Crippen MR) is 79.4 cm³/mol. The number of nitrogens with one attached hydrogen (secondary N) is 1. The van der Waals surface area contributed by atoms with E-state index >= 15 is 0 Å². The third-order valence-corrected chi connectivity index (χ3v) is 3.93. The van der Waals surface area contributed by atoms with E-state index in [0.717, 1.165) is 26.2 Å². The molecule has 0 bridgehead atoms. The van der Waals surface area contributed by atoms with Crippen molar-refractivity contribution in [3.63, 3.8) is 0 Å². The molecule has 0 amide bonds. The average Bonchev–Trinajstić information content (AvgIpc) is 2.40. The maximum atomic E-state index is 9.70. The molecule has 0 aromatic heterocycles. The molecular formula is C16H26N2O. The molecule has 1 aliphatic rings. The highest BCUT2D eigenvalue weighted by atomic mass is 16.3. The molecule has 1 atom stereocenters. The second-order valence-electron chi connectivity index (χ2n) is 6.36. The van der Waals surface area contributed by atoms with Crippen molar-refractivity contribution in [1.82, 2.24) is 10.2 Å². The molecule has 1 aliphatic heterocycles. The highest BCUT2D eigenvalue weighted by molar-refractivity contribution is 5.29. The van der Waals surface area contributed by atoms with Crippen molar-refractivity contribution in [2.24, 2.45) is 0 Å². The lowest BCUT2D eigenvalue weighted by Crippen LogP contribution is -2.46. The molecule has 1 aromatic rings. The van der Waals surface area contributed by atoms with Crippen molar-refractivity contribution in [2.75, 3.05) is 32.8 Å². The minimum absolute atomic E-state index is 0.135. The van der Waals surface area contributed by atoms with E-state index < -0.39 is 0 Å². The number of piperazine rings is 1. The largest absolute Gasteiger partial charge is 0.394 e. The summed E-state index contributed by atoms with van der Waals surface area (Å²) in [6.45, 7) is 10.9. The summed E-state index contributed by atoms with van der Waals surface area (Å²) in [7, 11) is 0. The summed E-state index contributed by atoms with van der Waals surface area (Å²) >= 11 is 0. The van der Waals surface area contributed by atoms with E-state index in [1.165, 1.54) is 11.1 Å². The van der Waals surface area contributed by atoms with Crippen LogP contribution in [-0.4, -0.2) is 42.8 Å². The number of benzene rings is 1. The second-order valence-corrected chi connectivity index (χ2v) is 6.36. The van der Waals surface area contributed by atoms with Gasteiger partial charge in [0, 0.05) is 26.2 Å². The highest BCUT2D eigenvalue weighted by Crippen LogP contribution is 2.26. The minimum Gasteiger partial charge on any atom is -0.394 e. The van der Waals surface area contributed by atoms with Crippen molar-refractivity contribution in [3.05, 3.63) is 35.4 Å². The molecule has 3 nitrogen and oxygen atoms in total. The van der Waals surface area contributed by atoms with Crippen molar-refractivity contribution >= 4 is 0 Å². The highest BCUT2D eigenvalue weighted by Gasteiger charge is 2.22. The lowest BCUT2D eigenvalue weighted by atomic mass is 9.86. The quantitative estimate of drug-likeness (QED) is 0.873. The van der Waals surface area contributed by atoms with E-state index in [2.05, 4.69) is 55.3 Å². The van der Waals surface area contributed by atoms with Gasteiger partial charge in [-0.2, -0.15) is 0 Å². The number of rotatable bonds is 3. The molecule has 0 unspecified atom stereocenters. The van der Waals surface area contributed by atoms with Crippen LogP contribution >= 0.6 is 0 Å². The summed E-state index contributed by atoms with van der Waals surface area (Å²) in [5, 5.41) is 13.0. The third-order valence-electron chi connectivity index (χ3n) is 3.93. The molecular weight excluding hydrogens is 236 g/mol. The Morgan fingerprint density at radius 1 is 1.16 bits per heavy atom. The Morgan fingerprint density at radius 3 is 2.21 bits per heavy atom. The van der Waals surface area contributed by atoms with Gasteiger partial charge in [0.15, 0.2) is 0 Å². The van der Waals surface area contributed by atoms with E-state index in [1.54, 1.807) is 0 Å². The molecule has 0 saturated carbocycles. The van der Waals surface area contributed by atoms with Gasteiger partial charge < -0.3 is 10.4 Å². The van der Waals surface area contributed by atoms with Gasteiger partial charge in [-0.05, 0) is 16.5 Å². The third kappa shape index (κ3) is 3.56. The molecule has 2 N–H and O–H groups in total. The summed E-state index contributed by atoms with van der Waals surface area (Å²) < 4.78 is 0. The summed E-state index contributed by atoms with van der Waals surface area (Å²) in [5.74, 6) is 0. The maximum absolute atomic E-state index is 9.70. The predicted octanol–water partition coefficient (Wildman–Crippen LogP) is 1.92. The molecule has 1 fully saturated rings. The number of hydrogen-bond donors (Lipinski definition) is 2. The van der Waals surface area contributed by atoms with Crippen LogP contribution in [0.4, 0.5) is 0 Å². The number of aliphatic hydroxyl groups excluding tert-OH is 1. The van der Waals surface area contributed by atoms with E-state index in [4.69, 9.17) is 0 Å². The molecule has 2 rings (SSSR count). The molecule has 1 saturated heterocycles. The van der Waals surface area contributed by atoms with Crippen LogP contribution < -0.4 is 5.32 Å². The van der Waals surface area contributed by atoms with Gasteiger partial charge in [0.25, 0.3) is 0 Å². The fraction of sp³-hybridized carbons (Fsp3) is 0.625. The van der Waals surface area contributed by atoms with Crippen molar-refractivity contribution < 1.29 is 5.11 Å². The van der Waals surface area contributed by atoms with Crippen LogP contribution in [0.3, 0.4) is 0 Å². The molecule has 0 radical (unpaired) electrons. The van der Waals surface area contributed by atoms with Gasteiger partial charge in [0.1, 0.15) is 0 Å². The van der Waals surface area contributed by atoms with Gasteiger partial charge in [-0.3, -0.25) is 4.90 Å². The molecule has 106 valence electrons. The first-order valence-corrected chi connectivity index (χ1v) is 7.18. The number of hydrogen-bond acceptors (Lipinski definition) is 3. The summed E-state index contributed by atoms with van der Waals surface area (Å²) in [6.07, 6.45) is 0. The fourth-order valence-corrected chi connectivity index (χ4v) is 2.63. The molecule has 0 spiro atoms. The van der Waals surface area contributed by atoms with Gasteiger partial charge >= 0.3 is 0 Å². The Balaban J connectivity index is 2.14. The minimum atomic E-state index is 0.135. The van der Waals surface area contributed by atoms with Gasteiger partial charge in [0.05, 0.1) is 12.6 Å². The Hall–Kier alpha value is -0.900. The SMILES string of the molecule is CC(C)(C)c1ccc([C@@H](CO)N2CCNCC2)cc1. The molecule has 0 aliphatic carbocycles. The summed E-state index contributed by atoms with van der Waals surface area (Å²) in [4.78, 5) is 2.36. The van der Waals surface area contributed by atoms with Crippen LogP contribution in [-0.2, 0) is 5.41 Å². The van der Waals surface area contributed by atoms with Gasteiger partial charge in [-0.15, -0.1) is 0 Å². The van der Waals surface area contributed by atoms with E-state index in [9.17, 15) is 5.11 Å². The zero-order valence-corrected chi connectivity index (χ0v) is 12.3. The standard InChI is InChI=1S/C16H26N2O/c1-16(2,3)14-6-4-13(5-7-14)15(12-19)18-10-8-17-9-11-18/h4-7,15,17,19H,8-12H2,1-3H3/t15-/m1/s1. The van der Waals surface area contributed by atoms with Crippen molar-refractivity contribution in [3.8, 4) is 0 Å². The van der Waals surface area contributed by atoms with Crippen LogP contribution in [0.2, 0.25) is 0 Å². The number of aliphatic hydroxyl groups is 1. The topological polar surface area (TPSA) is 35.5 Å². The second kappa shape index (κ2) is 6.04. The average molecular weight is 262 g/mol. The smallest absolute Gasteiger partial charge is 0.0628 e. The molecule has 1 heterocycles. The first-order valence-electron chi connectivity index (χ1n) is 7.18. The summed E-state index contributed by atoms with van der Waals surface area (Å²) in [5.41, 5.74) is 2.74. The van der Waals surface area contributed by atoms with Crippen molar-refractivity contribution in [2.45, 2.75) is 32.2 Å². The van der Waals surface area contributed by atoms with E-state index in [0.29, 0.717) is 0 Å². The monoisotopic (exact) mass is 262 g/mol. The Morgan fingerprint density at radius 2 is 1.74 bits per heavy atom. The Labute approximate surface area is 116 Å². The number of nitrogens with zero attached hydrogens (tertiary/aromatic N) is 1. The lowest BCUT2D eigenvalue weighted by Gasteiger charge is -2.34. The Bertz CT molecular complexity index is 388. The van der Waals surface area contributed by atoms with Crippen LogP contribution in [0, 0.1) is 0 Å². The zero-order valence-electron chi connectivity index (χ0n) is 12.3. The summed E-state index contributed by atoms with van der Waals surface area (Å²) in [6, 6.07) is 8.86. The van der Waals surface area contributed by atoms with Crippen LogP contribution in [0.15, 0.2) is 24.3 Å². The van der Waals surface area contributed by atoms with Crippen LogP contribution in [0.1, 0.15) is 37.9 Å². The Kier molecular flexibility index (Phi) is 4.61.